The minimum absolute atomic E-state index is 0.131. The van der Waals surface area contributed by atoms with E-state index in [4.69, 9.17) is 5.11 Å². The standard InChI is InChI=1S/C14H18FN3OS/c1-9(8-19)10(2)16-14-18-17-13(20-14)7-11-3-5-12(15)6-4-11/h3-6,9-10,19H,7-8H2,1-2H3,(H,16,18). The summed E-state index contributed by atoms with van der Waals surface area (Å²) in [6.07, 6.45) is 0.642. The van der Waals surface area contributed by atoms with Gasteiger partial charge in [0.15, 0.2) is 0 Å². The minimum Gasteiger partial charge on any atom is -0.396 e. The summed E-state index contributed by atoms with van der Waals surface area (Å²) in [4.78, 5) is 0. The van der Waals surface area contributed by atoms with Crippen LogP contribution in [0.1, 0.15) is 24.4 Å². The third kappa shape index (κ3) is 3.98. The molecule has 2 aromatic rings. The molecule has 108 valence electrons. The lowest BCUT2D eigenvalue weighted by Gasteiger charge is -2.17. The van der Waals surface area contributed by atoms with Crippen molar-refractivity contribution in [2.75, 3.05) is 11.9 Å². The summed E-state index contributed by atoms with van der Waals surface area (Å²) in [5.74, 6) is -0.0837. The summed E-state index contributed by atoms with van der Waals surface area (Å²) in [5.41, 5.74) is 1.01. The second-order valence-corrected chi connectivity index (χ2v) is 5.96. The van der Waals surface area contributed by atoms with Gasteiger partial charge in [-0.2, -0.15) is 0 Å². The van der Waals surface area contributed by atoms with Crippen LogP contribution in [0, 0.1) is 11.7 Å². The van der Waals surface area contributed by atoms with Gasteiger partial charge in [-0.25, -0.2) is 4.39 Å². The van der Waals surface area contributed by atoms with Crippen molar-refractivity contribution in [1.29, 1.82) is 0 Å². The Morgan fingerprint density at radius 2 is 1.95 bits per heavy atom. The van der Waals surface area contributed by atoms with Crippen molar-refractivity contribution >= 4 is 16.5 Å². The van der Waals surface area contributed by atoms with E-state index in [2.05, 4.69) is 15.5 Å². The second-order valence-electron chi connectivity index (χ2n) is 4.90. The normalized spacial score (nSPS) is 14.0. The van der Waals surface area contributed by atoms with E-state index in [-0.39, 0.29) is 24.4 Å². The average molecular weight is 295 g/mol. The van der Waals surface area contributed by atoms with E-state index in [0.717, 1.165) is 15.7 Å². The molecule has 0 spiro atoms. The topological polar surface area (TPSA) is 58.0 Å². The smallest absolute Gasteiger partial charge is 0.205 e. The van der Waals surface area contributed by atoms with E-state index in [0.29, 0.717) is 6.42 Å². The molecule has 0 bridgehead atoms. The van der Waals surface area contributed by atoms with Crippen LogP contribution in [0.4, 0.5) is 9.52 Å². The number of hydrogen-bond donors (Lipinski definition) is 2. The summed E-state index contributed by atoms with van der Waals surface area (Å²) in [5, 5.41) is 22.2. The van der Waals surface area contributed by atoms with Gasteiger partial charge in [-0.3, -0.25) is 0 Å². The first-order chi connectivity index (χ1) is 9.58. The molecule has 1 aromatic carbocycles. The van der Waals surface area contributed by atoms with Gasteiger partial charge >= 0.3 is 0 Å². The molecule has 1 aromatic heterocycles. The first-order valence-corrected chi connectivity index (χ1v) is 7.34. The lowest BCUT2D eigenvalue weighted by atomic mass is 10.1. The van der Waals surface area contributed by atoms with Crippen LogP contribution < -0.4 is 5.32 Å². The molecule has 0 radical (unpaired) electrons. The number of aliphatic hydroxyl groups excluding tert-OH is 1. The van der Waals surface area contributed by atoms with Crippen LogP contribution in [0.2, 0.25) is 0 Å². The van der Waals surface area contributed by atoms with Gasteiger partial charge in [0.2, 0.25) is 5.13 Å². The van der Waals surface area contributed by atoms with Crippen LogP contribution in [-0.4, -0.2) is 28.0 Å². The number of nitrogens with zero attached hydrogens (tertiary/aromatic N) is 2. The van der Waals surface area contributed by atoms with Crippen LogP contribution in [0.15, 0.2) is 24.3 Å². The molecule has 0 aliphatic rings. The highest BCUT2D eigenvalue weighted by molar-refractivity contribution is 7.15. The largest absolute Gasteiger partial charge is 0.396 e. The Labute approximate surface area is 121 Å². The molecule has 0 saturated heterocycles. The lowest BCUT2D eigenvalue weighted by Crippen LogP contribution is -2.26. The Morgan fingerprint density at radius 3 is 2.60 bits per heavy atom. The predicted octanol–water partition coefficient (Wildman–Crippen LogP) is 2.70. The fourth-order valence-corrected chi connectivity index (χ4v) is 2.53. The number of anilines is 1. The summed E-state index contributed by atoms with van der Waals surface area (Å²) < 4.78 is 12.8. The highest BCUT2D eigenvalue weighted by Gasteiger charge is 2.13. The van der Waals surface area contributed by atoms with E-state index >= 15 is 0 Å². The zero-order valence-corrected chi connectivity index (χ0v) is 12.3. The minimum atomic E-state index is -0.236. The molecule has 2 rings (SSSR count). The Hall–Kier alpha value is -1.53. The highest BCUT2D eigenvalue weighted by atomic mass is 32.1. The summed E-state index contributed by atoms with van der Waals surface area (Å²) >= 11 is 1.48. The van der Waals surface area contributed by atoms with Crippen molar-refractivity contribution in [1.82, 2.24) is 10.2 Å². The van der Waals surface area contributed by atoms with Gasteiger partial charge in [0.25, 0.3) is 0 Å². The molecule has 6 heteroatoms. The van der Waals surface area contributed by atoms with Gasteiger partial charge < -0.3 is 10.4 Å². The first kappa shape index (κ1) is 14.9. The first-order valence-electron chi connectivity index (χ1n) is 6.52. The number of hydrogen-bond acceptors (Lipinski definition) is 5. The fraction of sp³-hybridized carbons (Fsp3) is 0.429. The van der Waals surface area contributed by atoms with E-state index in [9.17, 15) is 4.39 Å². The van der Waals surface area contributed by atoms with Gasteiger partial charge in [0, 0.05) is 19.1 Å². The summed E-state index contributed by atoms with van der Waals surface area (Å²) in [7, 11) is 0. The highest BCUT2D eigenvalue weighted by Crippen LogP contribution is 2.20. The number of rotatable bonds is 6. The Kier molecular flexibility index (Phi) is 5.03. The maximum atomic E-state index is 12.8. The lowest BCUT2D eigenvalue weighted by molar-refractivity contribution is 0.226. The molecule has 0 amide bonds. The van der Waals surface area contributed by atoms with Crippen molar-refractivity contribution in [3.05, 3.63) is 40.7 Å². The molecule has 0 aliphatic heterocycles. The van der Waals surface area contributed by atoms with Crippen LogP contribution in [-0.2, 0) is 6.42 Å². The number of aromatic nitrogens is 2. The van der Waals surface area contributed by atoms with Crippen molar-refractivity contribution in [3.63, 3.8) is 0 Å². The number of aliphatic hydroxyl groups is 1. The second kappa shape index (κ2) is 6.76. The zero-order valence-electron chi connectivity index (χ0n) is 11.5. The molecular formula is C14H18FN3OS. The molecule has 0 saturated carbocycles. The molecule has 20 heavy (non-hydrogen) atoms. The van der Waals surface area contributed by atoms with E-state index < -0.39 is 0 Å². The molecule has 2 unspecified atom stereocenters. The van der Waals surface area contributed by atoms with E-state index in [1.54, 1.807) is 12.1 Å². The maximum Gasteiger partial charge on any atom is 0.205 e. The number of halogens is 1. The Bertz CT molecular complexity index is 544. The third-order valence-corrected chi connectivity index (χ3v) is 4.08. The summed E-state index contributed by atoms with van der Waals surface area (Å²) in [6, 6.07) is 6.52. The SMILES string of the molecule is CC(CO)C(C)Nc1nnc(Cc2ccc(F)cc2)s1. The van der Waals surface area contributed by atoms with E-state index in [1.807, 2.05) is 13.8 Å². The van der Waals surface area contributed by atoms with Gasteiger partial charge in [-0.1, -0.05) is 30.4 Å². The van der Waals surface area contributed by atoms with Crippen LogP contribution in [0.5, 0.6) is 0 Å². The van der Waals surface area contributed by atoms with Gasteiger partial charge in [0.05, 0.1) is 0 Å². The van der Waals surface area contributed by atoms with Crippen LogP contribution in [0.3, 0.4) is 0 Å². The monoisotopic (exact) mass is 295 g/mol. The maximum absolute atomic E-state index is 12.8. The summed E-state index contributed by atoms with van der Waals surface area (Å²) in [6.45, 7) is 4.11. The molecule has 0 aliphatic carbocycles. The van der Waals surface area contributed by atoms with Gasteiger partial charge in [0.1, 0.15) is 10.8 Å². The van der Waals surface area contributed by atoms with Crippen molar-refractivity contribution in [3.8, 4) is 0 Å². The molecule has 2 N–H and O–H groups in total. The number of nitrogens with one attached hydrogen (secondary N) is 1. The molecule has 0 fully saturated rings. The van der Waals surface area contributed by atoms with Gasteiger partial charge in [-0.05, 0) is 30.5 Å². The molecule has 4 nitrogen and oxygen atoms in total. The number of benzene rings is 1. The van der Waals surface area contributed by atoms with Gasteiger partial charge in [-0.15, -0.1) is 10.2 Å². The third-order valence-electron chi connectivity index (χ3n) is 3.23. The predicted molar refractivity (Wildman–Crippen MR) is 78.4 cm³/mol. The zero-order chi connectivity index (χ0) is 14.5. The van der Waals surface area contributed by atoms with Crippen LogP contribution in [0.25, 0.3) is 0 Å². The Morgan fingerprint density at radius 1 is 1.25 bits per heavy atom. The molecular weight excluding hydrogens is 277 g/mol. The average Bonchev–Trinajstić information content (AvgIpc) is 2.87. The van der Waals surface area contributed by atoms with E-state index in [1.165, 1.54) is 23.5 Å². The van der Waals surface area contributed by atoms with Crippen molar-refractivity contribution in [2.45, 2.75) is 26.3 Å². The molecule has 2 atom stereocenters. The van der Waals surface area contributed by atoms with Crippen molar-refractivity contribution < 1.29 is 9.50 Å². The fourth-order valence-electron chi connectivity index (χ4n) is 1.66. The molecule has 1 heterocycles. The van der Waals surface area contributed by atoms with Crippen molar-refractivity contribution in [2.24, 2.45) is 5.92 Å². The Balaban J connectivity index is 1.97. The van der Waals surface area contributed by atoms with Crippen LogP contribution >= 0.6 is 11.3 Å². The quantitative estimate of drug-likeness (QED) is 0.860.